The minimum Gasteiger partial charge on any atom is -0.477 e. The van der Waals surface area contributed by atoms with E-state index in [0.29, 0.717) is 0 Å². The first-order valence-electron chi connectivity index (χ1n) is 2.38. The molecule has 2 N–H and O–H groups in total. The first-order chi connectivity index (χ1) is 4.63. The van der Waals surface area contributed by atoms with E-state index < -0.39 is 5.97 Å². The highest BCUT2D eigenvalue weighted by atomic mass is 35.5. The second kappa shape index (κ2) is 2.52. The fourth-order valence-electron chi connectivity index (χ4n) is 0.537. The molecule has 0 aliphatic carbocycles. The van der Waals surface area contributed by atoms with Gasteiger partial charge in [-0.15, -0.1) is 0 Å². The number of hydrogen-bond acceptors (Lipinski definition) is 1. The summed E-state index contributed by atoms with van der Waals surface area (Å²) in [5, 5.41) is 8.68. The summed E-state index contributed by atoms with van der Waals surface area (Å²) < 4.78 is 0. The monoisotopic (exact) mass is 179 g/mol. The zero-order valence-corrected chi connectivity index (χ0v) is 6.20. The Morgan fingerprint density at radius 3 is 2.40 bits per heavy atom. The lowest BCUT2D eigenvalue weighted by molar-refractivity contribution is 0.0691. The lowest BCUT2D eigenvalue weighted by atomic mass is 10.4. The minimum atomic E-state index is -1.11. The molecule has 0 fully saturated rings. The molecular weight excluding hydrogens is 177 g/mol. The molecule has 0 unspecified atom stereocenters. The van der Waals surface area contributed by atoms with E-state index in [9.17, 15) is 4.79 Å². The number of halogens is 2. The number of aromatic nitrogens is 1. The van der Waals surface area contributed by atoms with E-state index >= 15 is 0 Å². The number of rotatable bonds is 1. The maximum atomic E-state index is 10.3. The summed E-state index contributed by atoms with van der Waals surface area (Å²) in [5.41, 5.74) is -0.0772. The van der Waals surface area contributed by atoms with Crippen LogP contribution in [0, 0.1) is 0 Å². The van der Waals surface area contributed by atoms with Gasteiger partial charge in [0, 0.05) is 6.20 Å². The molecule has 1 aromatic rings. The van der Waals surface area contributed by atoms with Crippen LogP contribution >= 0.6 is 23.2 Å². The van der Waals surface area contributed by atoms with Gasteiger partial charge in [-0.3, -0.25) is 0 Å². The fourth-order valence-corrected chi connectivity index (χ4v) is 0.876. The van der Waals surface area contributed by atoms with Gasteiger partial charge in [0.15, 0.2) is 0 Å². The molecule has 1 heterocycles. The molecule has 0 amide bonds. The SMILES string of the molecule is O=C(O)c1[nH]cc(Cl)c1Cl. The topological polar surface area (TPSA) is 53.1 Å². The van der Waals surface area contributed by atoms with Crippen LogP contribution in [-0.4, -0.2) is 16.1 Å². The predicted molar refractivity (Wildman–Crippen MR) is 37.8 cm³/mol. The molecule has 0 bridgehead atoms. The van der Waals surface area contributed by atoms with Crippen molar-refractivity contribution in [2.24, 2.45) is 0 Å². The number of carboxylic acid groups (broad SMARTS) is 1. The van der Waals surface area contributed by atoms with Crippen LogP contribution in [0.2, 0.25) is 10.0 Å². The largest absolute Gasteiger partial charge is 0.477 e. The second-order valence-corrected chi connectivity index (χ2v) is 2.42. The molecule has 0 aliphatic heterocycles. The number of aromatic amines is 1. The zero-order valence-electron chi connectivity index (χ0n) is 4.69. The van der Waals surface area contributed by atoms with Gasteiger partial charge in [-0.1, -0.05) is 23.2 Å². The van der Waals surface area contributed by atoms with Crippen molar-refractivity contribution in [3.05, 3.63) is 21.9 Å². The summed E-state index contributed by atoms with van der Waals surface area (Å²) >= 11 is 10.9. The Bertz CT molecular complexity index is 269. The van der Waals surface area contributed by atoms with Gasteiger partial charge in [-0.25, -0.2) is 4.79 Å². The standard InChI is InChI=1S/C5H3Cl2NO2/c6-2-1-8-4(3(2)7)5(9)10/h1,8H,(H,9,10). The highest BCUT2D eigenvalue weighted by Crippen LogP contribution is 2.24. The molecule has 5 heteroatoms. The van der Waals surface area contributed by atoms with E-state index in [2.05, 4.69) is 4.98 Å². The van der Waals surface area contributed by atoms with Gasteiger partial charge in [0.25, 0.3) is 0 Å². The lowest BCUT2D eigenvalue weighted by Crippen LogP contribution is -1.96. The first kappa shape index (κ1) is 7.44. The van der Waals surface area contributed by atoms with Crippen LogP contribution in [0.4, 0.5) is 0 Å². The van der Waals surface area contributed by atoms with Gasteiger partial charge in [-0.2, -0.15) is 0 Å². The Labute approximate surface area is 66.6 Å². The molecule has 0 aromatic carbocycles. The minimum absolute atomic E-state index is 0.0502. The Kier molecular flexibility index (Phi) is 1.87. The Morgan fingerprint density at radius 2 is 2.20 bits per heavy atom. The van der Waals surface area contributed by atoms with Crippen LogP contribution < -0.4 is 0 Å². The maximum Gasteiger partial charge on any atom is 0.353 e. The highest BCUT2D eigenvalue weighted by molar-refractivity contribution is 6.43. The van der Waals surface area contributed by atoms with Crippen molar-refractivity contribution >= 4 is 29.2 Å². The number of carboxylic acids is 1. The summed E-state index contributed by atoms with van der Waals surface area (Å²) in [6.45, 7) is 0. The van der Waals surface area contributed by atoms with E-state index in [-0.39, 0.29) is 15.7 Å². The van der Waals surface area contributed by atoms with Crippen molar-refractivity contribution in [3.8, 4) is 0 Å². The summed E-state index contributed by atoms with van der Waals surface area (Å²) in [7, 11) is 0. The normalized spacial score (nSPS) is 9.80. The highest BCUT2D eigenvalue weighted by Gasteiger charge is 2.12. The molecule has 0 atom stereocenters. The van der Waals surface area contributed by atoms with Gasteiger partial charge < -0.3 is 10.1 Å². The van der Waals surface area contributed by atoms with Gasteiger partial charge in [0.2, 0.25) is 0 Å². The zero-order chi connectivity index (χ0) is 7.72. The maximum absolute atomic E-state index is 10.3. The van der Waals surface area contributed by atoms with E-state index in [1.807, 2.05) is 0 Å². The van der Waals surface area contributed by atoms with Gasteiger partial charge in [0.1, 0.15) is 5.69 Å². The number of carbonyl (C=O) groups is 1. The number of H-pyrrole nitrogens is 1. The smallest absolute Gasteiger partial charge is 0.353 e. The van der Waals surface area contributed by atoms with E-state index in [1.54, 1.807) is 0 Å². The predicted octanol–water partition coefficient (Wildman–Crippen LogP) is 2.02. The molecular formula is C5H3Cl2NO2. The average molecular weight is 180 g/mol. The molecule has 0 spiro atoms. The van der Waals surface area contributed by atoms with Crippen molar-refractivity contribution in [1.29, 1.82) is 0 Å². The van der Waals surface area contributed by atoms with Crippen LogP contribution in [-0.2, 0) is 0 Å². The first-order valence-corrected chi connectivity index (χ1v) is 3.14. The summed E-state index contributed by atoms with van der Waals surface area (Å²) in [5.74, 6) is -1.11. The number of nitrogens with one attached hydrogen (secondary N) is 1. The molecule has 0 saturated carbocycles. The average Bonchev–Trinajstić information content (AvgIpc) is 2.14. The molecule has 1 rings (SSSR count). The van der Waals surface area contributed by atoms with Crippen molar-refractivity contribution in [2.75, 3.05) is 0 Å². The molecule has 0 aliphatic rings. The fraction of sp³-hybridized carbons (Fsp3) is 0. The Hall–Kier alpha value is -0.670. The third-order valence-electron chi connectivity index (χ3n) is 0.986. The van der Waals surface area contributed by atoms with Crippen LogP contribution in [0.1, 0.15) is 10.5 Å². The molecule has 10 heavy (non-hydrogen) atoms. The van der Waals surface area contributed by atoms with E-state index in [1.165, 1.54) is 6.20 Å². The number of hydrogen-bond donors (Lipinski definition) is 2. The van der Waals surface area contributed by atoms with Crippen molar-refractivity contribution < 1.29 is 9.90 Å². The summed E-state index contributed by atoms with van der Waals surface area (Å²) in [6, 6.07) is 0. The van der Waals surface area contributed by atoms with Crippen molar-refractivity contribution in [3.63, 3.8) is 0 Å². The van der Waals surface area contributed by atoms with Crippen molar-refractivity contribution in [2.45, 2.75) is 0 Å². The molecule has 54 valence electrons. The van der Waals surface area contributed by atoms with Gasteiger partial charge >= 0.3 is 5.97 Å². The van der Waals surface area contributed by atoms with Gasteiger partial charge in [0.05, 0.1) is 10.0 Å². The summed E-state index contributed by atoms with van der Waals surface area (Å²) in [6.07, 6.45) is 1.33. The Balaban J connectivity index is 3.17. The van der Waals surface area contributed by atoms with E-state index in [0.717, 1.165) is 0 Å². The summed E-state index contributed by atoms with van der Waals surface area (Å²) in [4.78, 5) is 12.7. The third-order valence-corrected chi connectivity index (χ3v) is 1.77. The van der Waals surface area contributed by atoms with Gasteiger partial charge in [-0.05, 0) is 0 Å². The molecule has 0 saturated heterocycles. The van der Waals surface area contributed by atoms with Crippen LogP contribution in [0.15, 0.2) is 6.20 Å². The Morgan fingerprint density at radius 1 is 1.60 bits per heavy atom. The van der Waals surface area contributed by atoms with Crippen LogP contribution in [0.5, 0.6) is 0 Å². The lowest BCUT2D eigenvalue weighted by Gasteiger charge is -1.86. The van der Waals surface area contributed by atoms with Crippen molar-refractivity contribution in [1.82, 2.24) is 4.98 Å². The van der Waals surface area contributed by atoms with E-state index in [4.69, 9.17) is 28.3 Å². The van der Waals surface area contributed by atoms with Crippen LogP contribution in [0.3, 0.4) is 0 Å². The number of aromatic carboxylic acids is 1. The molecule has 1 aromatic heterocycles. The third kappa shape index (κ3) is 1.10. The second-order valence-electron chi connectivity index (χ2n) is 1.63. The molecule has 3 nitrogen and oxygen atoms in total. The van der Waals surface area contributed by atoms with Crippen LogP contribution in [0.25, 0.3) is 0 Å². The molecule has 0 radical (unpaired) electrons. The quantitative estimate of drug-likeness (QED) is 0.694.